The maximum absolute atomic E-state index is 12.1. The number of nitrogens with one attached hydrogen (secondary N) is 1. The lowest BCUT2D eigenvalue weighted by atomic mass is 10.2. The van der Waals surface area contributed by atoms with Gasteiger partial charge in [0.15, 0.2) is 0 Å². The number of hydrogen-bond donors (Lipinski definition) is 1. The second-order valence-corrected chi connectivity index (χ2v) is 5.37. The molecule has 0 aliphatic carbocycles. The summed E-state index contributed by atoms with van der Waals surface area (Å²) in [5.74, 6) is 0.728. The number of rotatable bonds is 5. The van der Waals surface area contributed by atoms with Crippen LogP contribution in [0.25, 0.3) is 0 Å². The summed E-state index contributed by atoms with van der Waals surface area (Å²) in [6.45, 7) is 4.48. The Bertz CT molecular complexity index is 618. The van der Waals surface area contributed by atoms with Crippen LogP contribution in [0.5, 0.6) is 0 Å². The molecular formula is C15H21N5O. The van der Waals surface area contributed by atoms with Gasteiger partial charge < -0.3 is 10.2 Å². The third-order valence-corrected chi connectivity index (χ3v) is 3.12. The monoisotopic (exact) mass is 287 g/mol. The van der Waals surface area contributed by atoms with Crippen molar-refractivity contribution in [2.45, 2.75) is 26.4 Å². The van der Waals surface area contributed by atoms with E-state index in [1.54, 1.807) is 23.3 Å². The highest BCUT2D eigenvalue weighted by molar-refractivity contribution is 5.93. The van der Waals surface area contributed by atoms with Gasteiger partial charge in [0.2, 0.25) is 0 Å². The summed E-state index contributed by atoms with van der Waals surface area (Å²) in [7, 11) is 3.86. The van der Waals surface area contributed by atoms with Gasteiger partial charge in [-0.3, -0.25) is 9.48 Å². The highest BCUT2D eigenvalue weighted by Gasteiger charge is 2.11. The summed E-state index contributed by atoms with van der Waals surface area (Å²) < 4.78 is 1.77. The number of pyridine rings is 1. The third kappa shape index (κ3) is 3.59. The number of anilines is 1. The van der Waals surface area contributed by atoms with Gasteiger partial charge in [0.1, 0.15) is 5.82 Å². The summed E-state index contributed by atoms with van der Waals surface area (Å²) in [5.41, 5.74) is 1.55. The van der Waals surface area contributed by atoms with Crippen LogP contribution >= 0.6 is 0 Å². The van der Waals surface area contributed by atoms with Crippen molar-refractivity contribution in [2.75, 3.05) is 19.0 Å². The zero-order valence-electron chi connectivity index (χ0n) is 12.9. The van der Waals surface area contributed by atoms with E-state index < -0.39 is 0 Å². The van der Waals surface area contributed by atoms with Gasteiger partial charge in [-0.15, -0.1) is 0 Å². The molecule has 0 saturated heterocycles. The van der Waals surface area contributed by atoms with E-state index in [9.17, 15) is 4.79 Å². The van der Waals surface area contributed by atoms with E-state index in [0.29, 0.717) is 12.1 Å². The third-order valence-electron chi connectivity index (χ3n) is 3.12. The largest absolute Gasteiger partial charge is 0.362 e. The van der Waals surface area contributed by atoms with Gasteiger partial charge in [-0.1, -0.05) is 6.07 Å². The fourth-order valence-corrected chi connectivity index (χ4v) is 1.99. The second-order valence-electron chi connectivity index (χ2n) is 5.37. The van der Waals surface area contributed by atoms with Crippen LogP contribution < -0.4 is 10.2 Å². The molecule has 0 spiro atoms. The normalized spacial score (nSPS) is 10.7. The van der Waals surface area contributed by atoms with E-state index in [1.807, 2.05) is 45.0 Å². The predicted octanol–water partition coefficient (Wildman–Crippen LogP) is 1.85. The first-order chi connectivity index (χ1) is 9.99. The van der Waals surface area contributed by atoms with Gasteiger partial charge in [-0.2, -0.15) is 5.10 Å². The van der Waals surface area contributed by atoms with Crippen LogP contribution in [0.15, 0.2) is 30.7 Å². The number of carbonyl (C=O) groups excluding carboxylic acids is 1. The van der Waals surface area contributed by atoms with Gasteiger partial charge in [0.05, 0.1) is 11.8 Å². The number of carbonyl (C=O) groups is 1. The Morgan fingerprint density at radius 2 is 2.19 bits per heavy atom. The molecule has 1 amide bonds. The molecule has 0 fully saturated rings. The van der Waals surface area contributed by atoms with Crippen molar-refractivity contribution < 1.29 is 4.79 Å². The predicted molar refractivity (Wildman–Crippen MR) is 82.3 cm³/mol. The number of hydrogen-bond acceptors (Lipinski definition) is 4. The maximum atomic E-state index is 12.1. The van der Waals surface area contributed by atoms with E-state index in [-0.39, 0.29) is 11.9 Å². The molecule has 0 aliphatic rings. The summed E-state index contributed by atoms with van der Waals surface area (Å²) in [5, 5.41) is 7.08. The van der Waals surface area contributed by atoms with E-state index in [0.717, 1.165) is 11.4 Å². The SMILES string of the molecule is CC(C)n1cc(C(=O)NCc2cccnc2N(C)C)cn1. The molecule has 0 bridgehead atoms. The first-order valence-electron chi connectivity index (χ1n) is 6.92. The van der Waals surface area contributed by atoms with Gasteiger partial charge >= 0.3 is 0 Å². The molecule has 0 atom stereocenters. The van der Waals surface area contributed by atoms with E-state index in [2.05, 4.69) is 15.4 Å². The van der Waals surface area contributed by atoms with Gasteiger partial charge in [-0.25, -0.2) is 4.98 Å². The molecule has 2 heterocycles. The van der Waals surface area contributed by atoms with Crippen molar-refractivity contribution in [3.63, 3.8) is 0 Å². The molecule has 21 heavy (non-hydrogen) atoms. The smallest absolute Gasteiger partial charge is 0.254 e. The van der Waals surface area contributed by atoms with Crippen LogP contribution in [0.4, 0.5) is 5.82 Å². The zero-order valence-corrected chi connectivity index (χ0v) is 12.9. The zero-order chi connectivity index (χ0) is 15.4. The molecule has 112 valence electrons. The van der Waals surface area contributed by atoms with Crippen LogP contribution in [0.2, 0.25) is 0 Å². The molecule has 0 aromatic carbocycles. The summed E-state index contributed by atoms with van der Waals surface area (Å²) in [4.78, 5) is 18.4. The lowest BCUT2D eigenvalue weighted by Gasteiger charge is -2.15. The summed E-state index contributed by atoms with van der Waals surface area (Å²) in [6.07, 6.45) is 5.09. The van der Waals surface area contributed by atoms with Gasteiger partial charge in [0, 0.05) is 44.6 Å². The van der Waals surface area contributed by atoms with Crippen LogP contribution in [0, 0.1) is 0 Å². The van der Waals surface area contributed by atoms with E-state index in [1.165, 1.54) is 0 Å². The second kappa shape index (κ2) is 6.39. The van der Waals surface area contributed by atoms with Crippen LogP contribution in [0.1, 0.15) is 35.8 Å². The first-order valence-corrected chi connectivity index (χ1v) is 6.92. The molecule has 2 rings (SSSR count). The quantitative estimate of drug-likeness (QED) is 0.911. The molecule has 6 nitrogen and oxygen atoms in total. The average molecular weight is 287 g/mol. The van der Waals surface area contributed by atoms with Gasteiger partial charge in [-0.05, 0) is 19.9 Å². The van der Waals surface area contributed by atoms with Crippen molar-refractivity contribution in [1.29, 1.82) is 0 Å². The molecule has 0 aliphatic heterocycles. The summed E-state index contributed by atoms with van der Waals surface area (Å²) >= 11 is 0. The topological polar surface area (TPSA) is 63.1 Å². The van der Waals surface area contributed by atoms with Crippen LogP contribution in [-0.2, 0) is 6.54 Å². The fourth-order valence-electron chi connectivity index (χ4n) is 1.99. The number of nitrogens with zero attached hydrogens (tertiary/aromatic N) is 4. The van der Waals surface area contributed by atoms with Crippen molar-refractivity contribution in [1.82, 2.24) is 20.1 Å². The number of amides is 1. The van der Waals surface area contributed by atoms with Crippen LogP contribution in [0.3, 0.4) is 0 Å². The lowest BCUT2D eigenvalue weighted by molar-refractivity contribution is 0.0951. The first kappa shape index (κ1) is 15.0. The minimum Gasteiger partial charge on any atom is -0.362 e. The summed E-state index contributed by atoms with van der Waals surface area (Å²) in [6, 6.07) is 4.07. The molecule has 1 N–H and O–H groups in total. The Morgan fingerprint density at radius 3 is 2.81 bits per heavy atom. The van der Waals surface area contributed by atoms with Gasteiger partial charge in [0.25, 0.3) is 5.91 Å². The van der Waals surface area contributed by atoms with Crippen molar-refractivity contribution in [3.05, 3.63) is 41.9 Å². The molecule has 6 heteroatoms. The van der Waals surface area contributed by atoms with E-state index in [4.69, 9.17) is 0 Å². The Kier molecular flexibility index (Phi) is 4.57. The number of aromatic nitrogens is 3. The fraction of sp³-hybridized carbons (Fsp3) is 0.400. The van der Waals surface area contributed by atoms with Crippen molar-refractivity contribution >= 4 is 11.7 Å². The van der Waals surface area contributed by atoms with Crippen molar-refractivity contribution in [2.24, 2.45) is 0 Å². The Labute approximate surface area is 124 Å². The molecule has 2 aromatic rings. The van der Waals surface area contributed by atoms with Crippen molar-refractivity contribution in [3.8, 4) is 0 Å². The minimum atomic E-state index is -0.129. The lowest BCUT2D eigenvalue weighted by Crippen LogP contribution is -2.24. The molecule has 0 saturated carbocycles. The van der Waals surface area contributed by atoms with E-state index >= 15 is 0 Å². The minimum absolute atomic E-state index is 0.129. The van der Waals surface area contributed by atoms with Crippen LogP contribution in [-0.4, -0.2) is 34.8 Å². The Balaban J connectivity index is 2.04. The highest BCUT2D eigenvalue weighted by Crippen LogP contribution is 2.14. The standard InChI is InChI=1S/C15H21N5O/c1-11(2)20-10-13(9-18-20)15(21)17-8-12-6-5-7-16-14(12)19(3)4/h5-7,9-11H,8H2,1-4H3,(H,17,21). The molecular weight excluding hydrogens is 266 g/mol. The average Bonchev–Trinajstić information content (AvgIpc) is 2.95. The molecule has 0 radical (unpaired) electrons. The molecule has 0 unspecified atom stereocenters. The Morgan fingerprint density at radius 1 is 1.43 bits per heavy atom. The highest BCUT2D eigenvalue weighted by atomic mass is 16.1. The Hall–Kier alpha value is -2.37. The molecule has 2 aromatic heterocycles. The maximum Gasteiger partial charge on any atom is 0.254 e.